The zero-order chi connectivity index (χ0) is 29.4. The van der Waals surface area contributed by atoms with E-state index in [0.717, 1.165) is 5.56 Å². The van der Waals surface area contributed by atoms with Crippen LogP contribution in [0.1, 0.15) is 50.0 Å². The average Bonchev–Trinajstić information content (AvgIpc) is 2.87. The summed E-state index contributed by atoms with van der Waals surface area (Å²) in [5, 5.41) is 3.80. The summed E-state index contributed by atoms with van der Waals surface area (Å²) in [7, 11) is 0. The molecular formula is C29H36Cl2N2O7. The molecule has 9 nitrogen and oxygen atoms in total. The number of likely N-dealkylation sites (tertiary alicyclic amines) is 1. The van der Waals surface area contributed by atoms with Crippen LogP contribution in [0.25, 0.3) is 0 Å². The van der Waals surface area contributed by atoms with Crippen LogP contribution < -0.4 is 14.8 Å². The van der Waals surface area contributed by atoms with E-state index in [9.17, 15) is 14.4 Å². The highest BCUT2D eigenvalue weighted by Crippen LogP contribution is 2.34. The van der Waals surface area contributed by atoms with Gasteiger partial charge >= 0.3 is 12.1 Å². The maximum absolute atomic E-state index is 13.0. The number of aryl methyl sites for hydroxylation is 1. The summed E-state index contributed by atoms with van der Waals surface area (Å²) < 4.78 is 22.0. The smallest absolute Gasteiger partial charge is 0.410 e. The Labute approximate surface area is 245 Å². The highest BCUT2D eigenvalue weighted by atomic mass is 35.5. The fourth-order valence-corrected chi connectivity index (χ4v) is 4.89. The number of halogens is 2. The molecule has 0 saturated carbocycles. The first-order valence-electron chi connectivity index (χ1n) is 13.1. The van der Waals surface area contributed by atoms with Gasteiger partial charge in [-0.3, -0.25) is 9.59 Å². The van der Waals surface area contributed by atoms with E-state index in [1.54, 1.807) is 64.1 Å². The molecule has 1 aliphatic heterocycles. The molecule has 1 heterocycles. The van der Waals surface area contributed by atoms with Crippen molar-refractivity contribution in [1.82, 2.24) is 10.2 Å². The lowest BCUT2D eigenvalue weighted by molar-refractivity contribution is -0.150. The van der Waals surface area contributed by atoms with Crippen molar-refractivity contribution >= 4 is 41.2 Å². The summed E-state index contributed by atoms with van der Waals surface area (Å²) in [6, 6.07) is 9.66. The van der Waals surface area contributed by atoms with Crippen molar-refractivity contribution in [2.45, 2.75) is 52.7 Å². The molecule has 40 heavy (non-hydrogen) atoms. The second-order valence-electron chi connectivity index (χ2n) is 10.4. The lowest BCUT2D eigenvalue weighted by atomic mass is 9.92. The number of benzene rings is 2. The van der Waals surface area contributed by atoms with E-state index in [4.69, 9.17) is 42.1 Å². The van der Waals surface area contributed by atoms with Crippen molar-refractivity contribution in [3.8, 4) is 11.5 Å². The quantitative estimate of drug-likeness (QED) is 0.294. The molecule has 3 rings (SSSR count). The van der Waals surface area contributed by atoms with Crippen LogP contribution >= 0.6 is 23.2 Å². The Morgan fingerprint density at radius 3 is 2.25 bits per heavy atom. The van der Waals surface area contributed by atoms with Crippen LogP contribution in [-0.4, -0.2) is 67.4 Å². The molecule has 0 aromatic heterocycles. The highest BCUT2D eigenvalue weighted by molar-refractivity contribution is 6.37. The topological polar surface area (TPSA) is 103 Å². The van der Waals surface area contributed by atoms with Gasteiger partial charge in [0.2, 0.25) is 0 Å². The summed E-state index contributed by atoms with van der Waals surface area (Å²) in [6.07, 6.45) is -0.123. The molecule has 2 aromatic rings. The van der Waals surface area contributed by atoms with Crippen molar-refractivity contribution in [1.29, 1.82) is 0 Å². The minimum Gasteiger partial charge on any atom is -0.490 e. The third-order valence-electron chi connectivity index (χ3n) is 6.03. The molecule has 218 valence electrons. The van der Waals surface area contributed by atoms with Crippen LogP contribution in [0.5, 0.6) is 11.5 Å². The minimum absolute atomic E-state index is 0.0898. The van der Waals surface area contributed by atoms with Crippen molar-refractivity contribution in [2.24, 2.45) is 5.92 Å². The number of nitrogens with one attached hydrogen (secondary N) is 1. The van der Waals surface area contributed by atoms with E-state index in [0.29, 0.717) is 40.1 Å². The number of piperidine rings is 1. The molecule has 2 aromatic carbocycles. The van der Waals surface area contributed by atoms with Gasteiger partial charge in [-0.25, -0.2) is 4.79 Å². The monoisotopic (exact) mass is 594 g/mol. The van der Waals surface area contributed by atoms with Crippen molar-refractivity contribution in [2.75, 3.05) is 32.9 Å². The fourth-order valence-electron chi connectivity index (χ4n) is 4.19. The van der Waals surface area contributed by atoms with E-state index in [2.05, 4.69) is 5.32 Å². The Bertz CT molecular complexity index is 1170. The van der Waals surface area contributed by atoms with Gasteiger partial charge in [0.25, 0.3) is 5.91 Å². The molecule has 2 atom stereocenters. The maximum Gasteiger partial charge on any atom is 0.410 e. The largest absolute Gasteiger partial charge is 0.490 e. The number of rotatable bonds is 9. The highest BCUT2D eigenvalue weighted by Gasteiger charge is 2.39. The lowest BCUT2D eigenvalue weighted by Crippen LogP contribution is -2.55. The van der Waals surface area contributed by atoms with Crippen molar-refractivity contribution < 1.29 is 33.3 Å². The third kappa shape index (κ3) is 8.93. The van der Waals surface area contributed by atoms with Crippen LogP contribution in [0.4, 0.5) is 4.79 Å². The first-order valence-corrected chi connectivity index (χ1v) is 13.9. The van der Waals surface area contributed by atoms with Gasteiger partial charge in [-0.15, -0.1) is 0 Å². The van der Waals surface area contributed by atoms with Crippen LogP contribution in [0.2, 0.25) is 10.0 Å². The second kappa shape index (κ2) is 13.9. The summed E-state index contributed by atoms with van der Waals surface area (Å²) >= 11 is 12.4. The number of carbonyl (C=O) groups excluding carboxylic acids is 3. The van der Waals surface area contributed by atoms with Gasteiger partial charge < -0.3 is 29.2 Å². The van der Waals surface area contributed by atoms with E-state index in [-0.39, 0.29) is 32.3 Å². The van der Waals surface area contributed by atoms with Crippen LogP contribution in [0.3, 0.4) is 0 Å². The van der Waals surface area contributed by atoms with Gasteiger partial charge in [-0.05, 0) is 83.0 Å². The van der Waals surface area contributed by atoms with Gasteiger partial charge in [-0.1, -0.05) is 23.2 Å². The number of carbonyl (C=O) groups is 3. The van der Waals surface area contributed by atoms with E-state index >= 15 is 0 Å². The van der Waals surface area contributed by atoms with Gasteiger partial charge in [0.05, 0.1) is 22.6 Å². The van der Waals surface area contributed by atoms with Gasteiger partial charge in [0, 0.05) is 24.7 Å². The number of hydrogen-bond donors (Lipinski definition) is 1. The van der Waals surface area contributed by atoms with Gasteiger partial charge in [-0.2, -0.15) is 0 Å². The molecule has 2 amide bonds. The molecule has 1 fully saturated rings. The minimum atomic E-state index is -0.719. The molecule has 1 saturated heterocycles. The van der Waals surface area contributed by atoms with Gasteiger partial charge in [0.1, 0.15) is 24.6 Å². The Kier molecular flexibility index (Phi) is 10.9. The Balaban J connectivity index is 1.55. The summed E-state index contributed by atoms with van der Waals surface area (Å²) in [4.78, 5) is 39.7. The molecule has 0 spiro atoms. The summed E-state index contributed by atoms with van der Waals surface area (Å²) in [5.41, 5.74) is 0.678. The molecule has 1 unspecified atom stereocenters. The Hall–Kier alpha value is -3.17. The van der Waals surface area contributed by atoms with Crippen LogP contribution in [0, 0.1) is 12.8 Å². The molecule has 1 aliphatic rings. The summed E-state index contributed by atoms with van der Waals surface area (Å²) in [5.74, 6) is -0.578. The van der Waals surface area contributed by atoms with Crippen molar-refractivity contribution in [3.05, 3.63) is 57.6 Å². The van der Waals surface area contributed by atoms with Crippen LogP contribution in [-0.2, 0) is 14.3 Å². The normalized spacial score (nSPS) is 17.1. The molecular weight excluding hydrogens is 559 g/mol. The number of hydrogen-bond acceptors (Lipinski definition) is 7. The number of ether oxygens (including phenoxy) is 4. The predicted molar refractivity (Wildman–Crippen MR) is 152 cm³/mol. The van der Waals surface area contributed by atoms with E-state index in [1.165, 1.54) is 4.90 Å². The first-order chi connectivity index (χ1) is 18.9. The second-order valence-corrected chi connectivity index (χ2v) is 11.2. The zero-order valence-corrected chi connectivity index (χ0v) is 24.9. The number of nitrogens with zero attached hydrogens (tertiary/aromatic N) is 1. The van der Waals surface area contributed by atoms with E-state index < -0.39 is 29.6 Å². The standard InChI is InChI=1S/C29H36Cl2N2O7/c1-6-37-27(35)21-17-33(28(36)40-29(3,4)5)12-11-24(21)32-26(34)19-7-9-20(10-8-19)38-13-14-39-25-22(30)15-18(2)16-23(25)31/h7-10,15-16,21,24H,6,11-14,17H2,1-5H3,(H,32,34)/t21?,24-/m0/s1. The first kappa shape index (κ1) is 31.4. The lowest BCUT2D eigenvalue weighted by Gasteiger charge is -2.38. The van der Waals surface area contributed by atoms with Crippen molar-refractivity contribution in [3.63, 3.8) is 0 Å². The van der Waals surface area contributed by atoms with E-state index in [1.807, 2.05) is 6.92 Å². The molecule has 11 heteroatoms. The Morgan fingerprint density at radius 2 is 1.65 bits per heavy atom. The number of amides is 2. The zero-order valence-electron chi connectivity index (χ0n) is 23.4. The molecule has 0 radical (unpaired) electrons. The van der Waals surface area contributed by atoms with Crippen LogP contribution in [0.15, 0.2) is 36.4 Å². The predicted octanol–water partition coefficient (Wildman–Crippen LogP) is 5.68. The molecule has 1 N–H and O–H groups in total. The molecule has 0 aliphatic carbocycles. The molecule has 0 bridgehead atoms. The SMILES string of the molecule is CCOC(=O)C1CN(C(=O)OC(C)(C)C)CC[C@@H]1NC(=O)c1ccc(OCCOc2c(Cl)cc(C)cc2Cl)cc1. The number of esters is 1. The fraction of sp³-hybridized carbons (Fsp3) is 0.483. The Morgan fingerprint density at radius 1 is 1.02 bits per heavy atom. The third-order valence-corrected chi connectivity index (χ3v) is 6.59. The summed E-state index contributed by atoms with van der Waals surface area (Å²) in [6.45, 7) is 10.0. The van der Waals surface area contributed by atoms with Gasteiger partial charge in [0.15, 0.2) is 5.75 Å². The average molecular weight is 596 g/mol. The maximum atomic E-state index is 13.0.